The molecule has 0 bridgehead atoms. The molecule has 0 rings (SSSR count). The summed E-state index contributed by atoms with van der Waals surface area (Å²) in [5.41, 5.74) is 0. The molecule has 62 valence electrons. The second kappa shape index (κ2) is 5.61. The van der Waals surface area contributed by atoms with Crippen molar-refractivity contribution >= 4 is 0 Å². The number of nitrogens with zero attached hydrogens (tertiary/aromatic N) is 1. The van der Waals surface area contributed by atoms with Crippen molar-refractivity contribution in [1.29, 1.82) is 0 Å². The summed E-state index contributed by atoms with van der Waals surface area (Å²) in [5, 5.41) is 9.99. The van der Waals surface area contributed by atoms with Gasteiger partial charge in [-0.3, -0.25) is 4.84 Å². The van der Waals surface area contributed by atoms with Gasteiger partial charge in [0.15, 0.2) is 6.29 Å². The zero-order valence-electron chi connectivity index (χ0n) is 6.70. The Morgan fingerprint density at radius 1 is 1.50 bits per heavy atom. The molecule has 0 aromatic rings. The van der Waals surface area contributed by atoms with Gasteiger partial charge < -0.3 is 5.11 Å². The SMILES string of the molecule is CCON(CC)OC(C)O. The number of aliphatic hydroxyl groups excluding tert-OH is 1. The van der Waals surface area contributed by atoms with Gasteiger partial charge in [-0.2, -0.15) is 0 Å². The zero-order valence-corrected chi connectivity index (χ0v) is 6.70. The molecule has 0 fully saturated rings. The molecule has 10 heavy (non-hydrogen) atoms. The van der Waals surface area contributed by atoms with E-state index in [0.29, 0.717) is 13.2 Å². The molecule has 0 spiro atoms. The number of rotatable bonds is 5. The Labute approximate surface area is 61.3 Å². The molecular formula is C6H15NO3. The maximum absolute atomic E-state index is 8.74. The summed E-state index contributed by atoms with van der Waals surface area (Å²) in [6.45, 7) is 6.40. The van der Waals surface area contributed by atoms with E-state index >= 15 is 0 Å². The fourth-order valence-electron chi connectivity index (χ4n) is 0.510. The number of hydrogen-bond acceptors (Lipinski definition) is 4. The highest BCUT2D eigenvalue weighted by Crippen LogP contribution is 1.94. The van der Waals surface area contributed by atoms with Crippen molar-refractivity contribution in [3.63, 3.8) is 0 Å². The minimum atomic E-state index is -0.813. The Morgan fingerprint density at radius 3 is 2.40 bits per heavy atom. The lowest BCUT2D eigenvalue weighted by atomic mass is 10.8. The highest BCUT2D eigenvalue weighted by Gasteiger charge is 2.04. The summed E-state index contributed by atoms with van der Waals surface area (Å²) in [5.74, 6) is 0. The fraction of sp³-hybridized carbons (Fsp3) is 1.00. The Hall–Kier alpha value is -0.160. The van der Waals surface area contributed by atoms with E-state index in [-0.39, 0.29) is 0 Å². The predicted molar refractivity (Wildman–Crippen MR) is 36.8 cm³/mol. The van der Waals surface area contributed by atoms with E-state index in [1.165, 1.54) is 12.2 Å². The van der Waals surface area contributed by atoms with Gasteiger partial charge >= 0.3 is 0 Å². The highest BCUT2D eigenvalue weighted by atomic mass is 17.0. The van der Waals surface area contributed by atoms with Gasteiger partial charge in [0.05, 0.1) is 6.61 Å². The third kappa shape index (κ3) is 4.69. The van der Waals surface area contributed by atoms with Crippen LogP contribution in [0, 0.1) is 0 Å². The molecule has 0 saturated heterocycles. The molecule has 1 unspecified atom stereocenters. The third-order valence-electron chi connectivity index (χ3n) is 0.801. The molecule has 4 heteroatoms. The molecule has 0 heterocycles. The van der Waals surface area contributed by atoms with Gasteiger partial charge in [0.25, 0.3) is 0 Å². The lowest BCUT2D eigenvalue weighted by molar-refractivity contribution is -0.406. The quantitative estimate of drug-likeness (QED) is 0.457. The minimum Gasteiger partial charge on any atom is -0.367 e. The molecule has 4 nitrogen and oxygen atoms in total. The van der Waals surface area contributed by atoms with Gasteiger partial charge in [-0.1, -0.05) is 5.23 Å². The summed E-state index contributed by atoms with van der Waals surface area (Å²) < 4.78 is 0. The fourth-order valence-corrected chi connectivity index (χ4v) is 0.510. The van der Waals surface area contributed by atoms with Gasteiger partial charge in [-0.15, -0.1) is 0 Å². The zero-order chi connectivity index (χ0) is 7.98. The normalized spacial score (nSPS) is 14.1. The summed E-state index contributed by atoms with van der Waals surface area (Å²) in [6.07, 6.45) is -0.813. The van der Waals surface area contributed by atoms with E-state index in [9.17, 15) is 0 Å². The van der Waals surface area contributed by atoms with Crippen LogP contribution in [0.5, 0.6) is 0 Å². The topological polar surface area (TPSA) is 41.9 Å². The number of aliphatic hydroxyl groups is 1. The third-order valence-corrected chi connectivity index (χ3v) is 0.801. The van der Waals surface area contributed by atoms with E-state index in [2.05, 4.69) is 0 Å². The number of hydrogen-bond donors (Lipinski definition) is 1. The molecular weight excluding hydrogens is 134 g/mol. The Bertz CT molecular complexity index is 77.4. The van der Waals surface area contributed by atoms with E-state index in [1.807, 2.05) is 13.8 Å². The molecule has 0 amide bonds. The first-order chi connectivity index (χ1) is 4.70. The molecule has 1 atom stereocenters. The molecule has 0 aliphatic heterocycles. The predicted octanol–water partition coefficient (Wildman–Crippen LogP) is 0.530. The highest BCUT2D eigenvalue weighted by molar-refractivity contribution is 4.21. The lowest BCUT2D eigenvalue weighted by Crippen LogP contribution is -2.28. The van der Waals surface area contributed by atoms with Crippen molar-refractivity contribution in [3.8, 4) is 0 Å². The maximum Gasteiger partial charge on any atom is 0.174 e. The van der Waals surface area contributed by atoms with Gasteiger partial charge in [-0.25, -0.2) is 4.84 Å². The van der Waals surface area contributed by atoms with Crippen LogP contribution in [-0.4, -0.2) is 29.8 Å². The summed E-state index contributed by atoms with van der Waals surface area (Å²) in [4.78, 5) is 9.76. The van der Waals surface area contributed by atoms with E-state index in [4.69, 9.17) is 14.8 Å². The lowest BCUT2D eigenvalue weighted by Gasteiger charge is -2.19. The van der Waals surface area contributed by atoms with Gasteiger partial charge in [0.1, 0.15) is 0 Å². The summed E-state index contributed by atoms with van der Waals surface area (Å²) in [7, 11) is 0. The maximum atomic E-state index is 8.74. The van der Waals surface area contributed by atoms with Crippen LogP contribution in [0.2, 0.25) is 0 Å². The molecule has 0 aromatic carbocycles. The minimum absolute atomic E-state index is 0.542. The van der Waals surface area contributed by atoms with E-state index in [1.54, 1.807) is 0 Å². The first kappa shape index (κ1) is 9.84. The summed E-state index contributed by atoms with van der Waals surface area (Å²) >= 11 is 0. The largest absolute Gasteiger partial charge is 0.367 e. The second-order valence-corrected chi connectivity index (χ2v) is 1.77. The van der Waals surface area contributed by atoms with Crippen molar-refractivity contribution in [2.45, 2.75) is 27.1 Å². The Balaban J connectivity index is 3.39. The molecule has 0 saturated carbocycles. The van der Waals surface area contributed by atoms with Crippen LogP contribution < -0.4 is 0 Å². The van der Waals surface area contributed by atoms with Crippen molar-refractivity contribution in [1.82, 2.24) is 5.23 Å². The average molecular weight is 149 g/mol. The monoisotopic (exact) mass is 149 g/mol. The first-order valence-corrected chi connectivity index (χ1v) is 3.46. The molecule has 0 aliphatic carbocycles. The van der Waals surface area contributed by atoms with Crippen molar-refractivity contribution in [2.75, 3.05) is 13.2 Å². The van der Waals surface area contributed by atoms with Crippen LogP contribution in [0.3, 0.4) is 0 Å². The molecule has 0 radical (unpaired) electrons. The van der Waals surface area contributed by atoms with Gasteiger partial charge in [0, 0.05) is 6.54 Å². The van der Waals surface area contributed by atoms with Gasteiger partial charge in [-0.05, 0) is 20.8 Å². The molecule has 0 aromatic heterocycles. The van der Waals surface area contributed by atoms with Crippen molar-refractivity contribution in [2.24, 2.45) is 0 Å². The van der Waals surface area contributed by atoms with Gasteiger partial charge in [0.2, 0.25) is 0 Å². The Kier molecular flexibility index (Phi) is 5.52. The first-order valence-electron chi connectivity index (χ1n) is 3.46. The van der Waals surface area contributed by atoms with E-state index in [0.717, 1.165) is 0 Å². The van der Waals surface area contributed by atoms with Crippen LogP contribution in [0.4, 0.5) is 0 Å². The standard InChI is InChI=1S/C6H15NO3/c1-4-7(9-5-2)10-6(3)8/h6,8H,4-5H2,1-3H3. The Morgan fingerprint density at radius 2 is 2.10 bits per heavy atom. The van der Waals surface area contributed by atoms with Crippen LogP contribution in [-0.2, 0) is 9.68 Å². The van der Waals surface area contributed by atoms with Crippen LogP contribution in [0.15, 0.2) is 0 Å². The summed E-state index contributed by atoms with van der Waals surface area (Å²) in [6, 6.07) is 0. The number of hydroxylamine groups is 2. The van der Waals surface area contributed by atoms with Crippen molar-refractivity contribution in [3.05, 3.63) is 0 Å². The van der Waals surface area contributed by atoms with Crippen LogP contribution >= 0.6 is 0 Å². The van der Waals surface area contributed by atoms with Crippen LogP contribution in [0.1, 0.15) is 20.8 Å². The van der Waals surface area contributed by atoms with Crippen LogP contribution in [0.25, 0.3) is 0 Å². The average Bonchev–Trinajstić information content (AvgIpc) is 1.86. The van der Waals surface area contributed by atoms with E-state index < -0.39 is 6.29 Å². The second-order valence-electron chi connectivity index (χ2n) is 1.77. The van der Waals surface area contributed by atoms with Crippen molar-refractivity contribution < 1.29 is 14.8 Å². The smallest absolute Gasteiger partial charge is 0.174 e. The molecule has 0 aliphatic rings. The molecule has 1 N–H and O–H groups in total.